The quantitative estimate of drug-likeness (QED) is 0.601. The number of rotatable bonds is 7. The molecular weight excluding hydrogens is 406 g/mol. The van der Waals surface area contributed by atoms with Gasteiger partial charge in [-0.3, -0.25) is 0 Å². The molecule has 1 aliphatic rings. The van der Waals surface area contributed by atoms with Gasteiger partial charge in [0.1, 0.15) is 0 Å². The first kappa shape index (κ1) is 23.8. The molecule has 1 atom stereocenters. The van der Waals surface area contributed by atoms with Crippen molar-refractivity contribution in [1.29, 1.82) is 0 Å². The van der Waals surface area contributed by atoms with Crippen LogP contribution in [0.25, 0.3) is 0 Å². The highest BCUT2D eigenvalue weighted by Crippen LogP contribution is 2.23. The van der Waals surface area contributed by atoms with E-state index in [9.17, 15) is 8.42 Å². The summed E-state index contributed by atoms with van der Waals surface area (Å²) in [6, 6.07) is 16.9. The van der Waals surface area contributed by atoms with Crippen molar-refractivity contribution in [3.63, 3.8) is 0 Å². The fourth-order valence-electron chi connectivity index (χ4n) is 3.71. The molecule has 31 heavy (non-hydrogen) atoms. The summed E-state index contributed by atoms with van der Waals surface area (Å²) in [5.74, 6) is 0.624. The number of aryl methyl sites for hydroxylation is 2. The second-order valence-corrected chi connectivity index (χ2v) is 12.7. The zero-order chi connectivity index (χ0) is 22.6. The van der Waals surface area contributed by atoms with Crippen molar-refractivity contribution < 1.29 is 13.2 Å². The molecule has 170 valence electrons. The largest absolute Gasteiger partial charge is 0.374 e. The summed E-state index contributed by atoms with van der Waals surface area (Å²) in [5, 5.41) is 0. The Morgan fingerprint density at radius 1 is 0.935 bits per heavy atom. The van der Waals surface area contributed by atoms with Crippen LogP contribution in [-0.4, -0.2) is 39.0 Å². The molecule has 1 fully saturated rings. The molecule has 0 radical (unpaired) electrons. The number of anilines is 1. The molecule has 1 aliphatic heterocycles. The second-order valence-electron chi connectivity index (χ2n) is 9.95. The first-order valence-corrected chi connectivity index (χ1v) is 13.0. The SMILES string of the molecule is CC(C)C1CN(c2ccc(CCc3ccc(CS(=O)(=O)C(C)(C)C)cc3)cc2)CCO1. The van der Waals surface area contributed by atoms with Gasteiger partial charge in [-0.2, -0.15) is 0 Å². The molecule has 1 saturated heterocycles. The maximum absolute atomic E-state index is 12.4. The lowest BCUT2D eigenvalue weighted by atomic mass is 10.0. The van der Waals surface area contributed by atoms with Crippen LogP contribution in [0.15, 0.2) is 48.5 Å². The van der Waals surface area contributed by atoms with E-state index in [1.54, 1.807) is 20.8 Å². The van der Waals surface area contributed by atoms with Gasteiger partial charge in [0.05, 0.1) is 23.2 Å². The maximum Gasteiger partial charge on any atom is 0.159 e. The highest BCUT2D eigenvalue weighted by molar-refractivity contribution is 7.91. The van der Waals surface area contributed by atoms with Crippen LogP contribution in [-0.2, 0) is 33.2 Å². The Bertz CT molecular complexity index is 942. The van der Waals surface area contributed by atoms with Crippen LogP contribution < -0.4 is 4.90 Å². The minimum atomic E-state index is -3.15. The van der Waals surface area contributed by atoms with Crippen LogP contribution >= 0.6 is 0 Å². The summed E-state index contributed by atoms with van der Waals surface area (Å²) < 4.78 is 30.0. The van der Waals surface area contributed by atoms with E-state index in [4.69, 9.17) is 4.74 Å². The normalized spacial score (nSPS) is 17.9. The molecule has 2 aromatic carbocycles. The van der Waals surface area contributed by atoms with E-state index in [1.165, 1.54) is 16.8 Å². The van der Waals surface area contributed by atoms with Crippen molar-refractivity contribution in [2.24, 2.45) is 5.92 Å². The van der Waals surface area contributed by atoms with Gasteiger partial charge in [0.15, 0.2) is 9.84 Å². The van der Waals surface area contributed by atoms with Crippen LogP contribution in [0.2, 0.25) is 0 Å². The minimum absolute atomic E-state index is 0.0947. The second kappa shape index (κ2) is 9.74. The van der Waals surface area contributed by atoms with Crippen LogP contribution in [0, 0.1) is 5.92 Å². The number of benzene rings is 2. The molecule has 0 saturated carbocycles. The predicted octanol–water partition coefficient (Wildman–Crippen LogP) is 5.05. The number of hydrogen-bond donors (Lipinski definition) is 0. The first-order chi connectivity index (χ1) is 14.5. The van der Waals surface area contributed by atoms with Crippen molar-refractivity contribution in [2.45, 2.75) is 64.1 Å². The van der Waals surface area contributed by atoms with Gasteiger partial charge in [0.25, 0.3) is 0 Å². The van der Waals surface area contributed by atoms with E-state index < -0.39 is 14.6 Å². The molecule has 0 spiro atoms. The third-order valence-corrected chi connectivity index (χ3v) is 8.73. The Morgan fingerprint density at radius 3 is 1.97 bits per heavy atom. The number of ether oxygens (including phenoxy) is 1. The summed E-state index contributed by atoms with van der Waals surface area (Å²) in [6.45, 7) is 12.4. The maximum atomic E-state index is 12.4. The molecule has 0 aromatic heterocycles. The van der Waals surface area contributed by atoms with Crippen molar-refractivity contribution in [3.8, 4) is 0 Å². The van der Waals surface area contributed by atoms with Gasteiger partial charge in [-0.05, 0) is 68.4 Å². The molecular formula is C26H37NO3S. The predicted molar refractivity (Wildman–Crippen MR) is 129 cm³/mol. The van der Waals surface area contributed by atoms with E-state index in [1.807, 2.05) is 12.1 Å². The lowest BCUT2D eigenvalue weighted by Gasteiger charge is -2.36. The molecule has 0 N–H and O–H groups in total. The topological polar surface area (TPSA) is 46.6 Å². The Balaban J connectivity index is 1.54. The summed E-state index contributed by atoms with van der Waals surface area (Å²) in [5.41, 5.74) is 4.67. The van der Waals surface area contributed by atoms with Crippen LogP contribution in [0.3, 0.4) is 0 Å². The molecule has 3 rings (SSSR count). The lowest BCUT2D eigenvalue weighted by Crippen LogP contribution is -2.44. The molecule has 1 heterocycles. The summed E-state index contributed by atoms with van der Waals surface area (Å²) in [7, 11) is -3.15. The highest BCUT2D eigenvalue weighted by Gasteiger charge is 2.28. The van der Waals surface area contributed by atoms with Crippen LogP contribution in [0.1, 0.15) is 51.3 Å². The first-order valence-electron chi connectivity index (χ1n) is 11.3. The smallest absolute Gasteiger partial charge is 0.159 e. The molecule has 0 aliphatic carbocycles. The monoisotopic (exact) mass is 443 g/mol. The zero-order valence-corrected chi connectivity index (χ0v) is 20.4. The van der Waals surface area contributed by atoms with Gasteiger partial charge in [-0.25, -0.2) is 8.42 Å². The molecule has 2 aromatic rings. The highest BCUT2D eigenvalue weighted by atomic mass is 32.2. The van der Waals surface area contributed by atoms with Crippen molar-refractivity contribution in [1.82, 2.24) is 0 Å². The van der Waals surface area contributed by atoms with Crippen molar-refractivity contribution >= 4 is 15.5 Å². The summed E-state index contributed by atoms with van der Waals surface area (Å²) in [6.07, 6.45) is 2.21. The van der Waals surface area contributed by atoms with E-state index in [2.05, 4.69) is 55.1 Å². The van der Waals surface area contributed by atoms with Gasteiger partial charge in [0.2, 0.25) is 0 Å². The van der Waals surface area contributed by atoms with Crippen molar-refractivity contribution in [3.05, 3.63) is 65.2 Å². The number of hydrogen-bond acceptors (Lipinski definition) is 4. The van der Waals surface area contributed by atoms with Gasteiger partial charge in [0, 0.05) is 18.8 Å². The molecule has 5 heteroatoms. The van der Waals surface area contributed by atoms with Gasteiger partial charge in [-0.1, -0.05) is 50.2 Å². The third kappa shape index (κ3) is 6.33. The number of morpholine rings is 1. The molecule has 4 nitrogen and oxygen atoms in total. The molecule has 1 unspecified atom stereocenters. The Hall–Kier alpha value is -1.85. The van der Waals surface area contributed by atoms with Gasteiger partial charge >= 0.3 is 0 Å². The van der Waals surface area contributed by atoms with E-state index in [0.717, 1.165) is 38.1 Å². The zero-order valence-electron chi connectivity index (χ0n) is 19.6. The van der Waals surface area contributed by atoms with Crippen LogP contribution in [0.4, 0.5) is 5.69 Å². The van der Waals surface area contributed by atoms with Gasteiger partial charge < -0.3 is 9.64 Å². The van der Waals surface area contributed by atoms with E-state index in [-0.39, 0.29) is 5.75 Å². The Labute approximate surface area is 188 Å². The Morgan fingerprint density at radius 2 is 1.45 bits per heavy atom. The average Bonchev–Trinajstić information content (AvgIpc) is 2.73. The Kier molecular flexibility index (Phi) is 7.48. The van der Waals surface area contributed by atoms with Crippen LogP contribution in [0.5, 0.6) is 0 Å². The third-order valence-electron chi connectivity index (χ3n) is 6.15. The van der Waals surface area contributed by atoms with Crippen molar-refractivity contribution in [2.75, 3.05) is 24.6 Å². The molecule has 0 bridgehead atoms. The standard InChI is InChI=1S/C26H37NO3S/c1-20(2)25-18-27(16-17-30-25)24-14-12-22(13-15-24)7-6-21-8-10-23(11-9-21)19-31(28,29)26(3,4)5/h8-15,20,25H,6-7,16-19H2,1-5H3. The lowest BCUT2D eigenvalue weighted by molar-refractivity contribution is 0.0114. The summed E-state index contributed by atoms with van der Waals surface area (Å²) in [4.78, 5) is 2.42. The number of nitrogens with zero attached hydrogens (tertiary/aromatic N) is 1. The van der Waals surface area contributed by atoms with E-state index in [0.29, 0.717) is 12.0 Å². The fraction of sp³-hybridized carbons (Fsp3) is 0.538. The van der Waals surface area contributed by atoms with Gasteiger partial charge in [-0.15, -0.1) is 0 Å². The molecule has 0 amide bonds. The number of sulfone groups is 1. The average molecular weight is 444 g/mol. The summed E-state index contributed by atoms with van der Waals surface area (Å²) >= 11 is 0. The minimum Gasteiger partial charge on any atom is -0.374 e. The van der Waals surface area contributed by atoms with E-state index >= 15 is 0 Å². The fourth-order valence-corrected chi connectivity index (χ4v) is 4.78.